The van der Waals surface area contributed by atoms with Gasteiger partial charge in [0.05, 0.1) is 88.6 Å². The minimum Gasteiger partial charge on any atom is -0.477 e. The van der Waals surface area contributed by atoms with Crippen LogP contribution in [0.1, 0.15) is 255 Å². The average Bonchev–Trinajstić information content (AvgIpc) is 1.48. The molecule has 0 bridgehead atoms. The van der Waals surface area contributed by atoms with Gasteiger partial charge in [-0.05, 0) is 184 Å². The second-order valence-corrected chi connectivity index (χ2v) is 35.3. The van der Waals surface area contributed by atoms with Crippen molar-refractivity contribution < 1.29 is 47.4 Å². The van der Waals surface area contributed by atoms with Crippen LogP contribution in [-0.4, -0.2) is 123 Å². The van der Waals surface area contributed by atoms with E-state index < -0.39 is 0 Å². The number of ether oxygens (including phenoxy) is 6. The molecule has 0 aliphatic heterocycles. The molecular formula is C94H124F2N12O8. The molecule has 12 aromatic rings. The van der Waals surface area contributed by atoms with E-state index in [-0.39, 0.29) is 76.1 Å². The van der Waals surface area contributed by atoms with Crippen molar-refractivity contribution in [3.8, 4) is 35.4 Å². The van der Waals surface area contributed by atoms with E-state index in [2.05, 4.69) is 224 Å². The molecule has 6 heterocycles. The van der Waals surface area contributed by atoms with Crippen LogP contribution < -0.4 is 28.4 Å². The zero-order valence-electron chi connectivity index (χ0n) is 73.1. The van der Waals surface area contributed by atoms with Crippen molar-refractivity contribution >= 4 is 65.4 Å². The minimum atomic E-state index is -0.372. The number of aromatic nitrogens is 12. The Kier molecular flexibility index (Phi) is 31.7. The summed E-state index contributed by atoms with van der Waals surface area (Å²) in [6.07, 6.45) is 11.4. The topological polar surface area (TPSA) is 251 Å². The van der Waals surface area contributed by atoms with Gasteiger partial charge in [0.1, 0.15) is 66.0 Å². The minimum absolute atomic E-state index is 0.0107. The molecule has 13 rings (SSSR count). The smallest absolute Gasteiger partial charge is 0.316 e. The molecule has 116 heavy (non-hydrogen) atoms. The van der Waals surface area contributed by atoms with Gasteiger partial charge >= 0.3 is 6.01 Å². The summed E-state index contributed by atoms with van der Waals surface area (Å²) < 4.78 is 62.1. The Morgan fingerprint density at radius 3 is 1.22 bits per heavy atom. The Hall–Kier alpha value is -10.1. The highest BCUT2D eigenvalue weighted by Crippen LogP contribution is 2.41. The third-order valence-electron chi connectivity index (χ3n) is 18.9. The molecule has 0 amide bonds. The van der Waals surface area contributed by atoms with E-state index in [9.17, 15) is 8.78 Å². The number of benzene rings is 6. The quantitative estimate of drug-likeness (QED) is 0.0719. The SMILES string of the molecule is CC(C)(C)c1ccc2nc(C3CC3)nc(OCCO)c2c1.CCCOc1nc(C)nc2ccc(C(C)(C)C)cc12.CCCOc1ncc2cc(C(C)(C)C)ccc2n1.CCCOc1ncnc2c(F)cc(C(C)(C)C)cc12.CCCOc1ncnc2ccc(C(C)(C)C)cc12.CCc1nc(OCCO)c2cc(C(C)(C)C)cc(F)c2n1. The fourth-order valence-electron chi connectivity index (χ4n) is 11.8. The van der Waals surface area contributed by atoms with Crippen molar-refractivity contribution in [1.82, 2.24) is 59.8 Å². The maximum atomic E-state index is 14.4. The number of halogens is 2. The summed E-state index contributed by atoms with van der Waals surface area (Å²) in [7, 11) is 0. The van der Waals surface area contributed by atoms with Crippen LogP contribution in [0, 0.1) is 18.6 Å². The van der Waals surface area contributed by atoms with Crippen molar-refractivity contribution in [2.75, 3.05) is 52.9 Å². The van der Waals surface area contributed by atoms with E-state index in [1.165, 1.54) is 34.6 Å². The largest absolute Gasteiger partial charge is 0.477 e. The van der Waals surface area contributed by atoms with Gasteiger partial charge in [-0.2, -0.15) is 19.9 Å². The lowest BCUT2D eigenvalue weighted by atomic mass is 9.86. The molecule has 1 aliphatic rings. The lowest BCUT2D eigenvalue weighted by Gasteiger charge is -2.20. The normalized spacial score (nSPS) is 12.5. The third kappa shape index (κ3) is 25.5. The van der Waals surface area contributed by atoms with Gasteiger partial charge in [0, 0.05) is 23.9 Å². The van der Waals surface area contributed by atoms with E-state index in [4.69, 9.17) is 38.6 Å². The van der Waals surface area contributed by atoms with E-state index in [1.54, 1.807) is 12.4 Å². The summed E-state index contributed by atoms with van der Waals surface area (Å²) in [5, 5.41) is 23.1. The monoisotopic (exact) mass is 1590 g/mol. The number of aliphatic hydroxyl groups excluding tert-OH is 2. The first-order valence-electron chi connectivity index (χ1n) is 40.8. The average molecular weight is 1590 g/mol. The van der Waals surface area contributed by atoms with Crippen LogP contribution in [-0.2, 0) is 38.9 Å². The van der Waals surface area contributed by atoms with Crippen molar-refractivity contribution in [3.05, 3.63) is 178 Å². The maximum Gasteiger partial charge on any atom is 0.316 e. The highest BCUT2D eigenvalue weighted by molar-refractivity contribution is 5.88. The van der Waals surface area contributed by atoms with Crippen LogP contribution in [0.4, 0.5) is 8.78 Å². The van der Waals surface area contributed by atoms with Crippen molar-refractivity contribution in [1.29, 1.82) is 0 Å². The Morgan fingerprint density at radius 1 is 0.353 bits per heavy atom. The number of rotatable bonds is 20. The summed E-state index contributed by atoms with van der Waals surface area (Å²) in [6.45, 7) is 53.5. The van der Waals surface area contributed by atoms with E-state index in [1.807, 2.05) is 92.8 Å². The van der Waals surface area contributed by atoms with Crippen LogP contribution >= 0.6 is 0 Å². The van der Waals surface area contributed by atoms with E-state index >= 15 is 0 Å². The van der Waals surface area contributed by atoms with E-state index in [0.29, 0.717) is 96.3 Å². The van der Waals surface area contributed by atoms with Crippen molar-refractivity contribution in [2.24, 2.45) is 0 Å². The lowest BCUT2D eigenvalue weighted by molar-refractivity contribution is 0.198. The molecule has 0 saturated heterocycles. The lowest BCUT2D eigenvalue weighted by Crippen LogP contribution is -2.13. The van der Waals surface area contributed by atoms with Crippen LogP contribution in [0.5, 0.6) is 35.4 Å². The zero-order chi connectivity index (χ0) is 85.1. The van der Waals surface area contributed by atoms with Crippen LogP contribution in [0.15, 0.2) is 116 Å². The number of aryl methyl sites for hydroxylation is 2. The molecule has 0 radical (unpaired) electrons. The Bertz CT molecular complexity index is 5250. The molecule has 1 saturated carbocycles. The van der Waals surface area contributed by atoms with Gasteiger partial charge in [0.2, 0.25) is 29.4 Å². The molecule has 0 atom stereocenters. The second kappa shape index (κ2) is 40.2. The summed E-state index contributed by atoms with van der Waals surface area (Å²) in [4.78, 5) is 52.0. The van der Waals surface area contributed by atoms with Crippen LogP contribution in [0.3, 0.4) is 0 Å². The molecule has 20 nitrogen and oxygen atoms in total. The van der Waals surface area contributed by atoms with Gasteiger partial charge < -0.3 is 38.6 Å². The molecule has 22 heteroatoms. The summed E-state index contributed by atoms with van der Waals surface area (Å²) in [6, 6.07) is 32.6. The first-order valence-corrected chi connectivity index (χ1v) is 40.8. The summed E-state index contributed by atoms with van der Waals surface area (Å²) >= 11 is 0. The summed E-state index contributed by atoms with van der Waals surface area (Å²) in [5.74, 6) is 4.71. The molecule has 6 aromatic heterocycles. The highest BCUT2D eigenvalue weighted by Gasteiger charge is 2.29. The molecular weight excluding hydrogens is 1460 g/mol. The first kappa shape index (κ1) is 91.5. The fraction of sp³-hybridized carbons (Fsp3) is 0.489. The molecule has 6 aromatic carbocycles. The van der Waals surface area contributed by atoms with Gasteiger partial charge in [-0.1, -0.05) is 184 Å². The third-order valence-corrected chi connectivity index (χ3v) is 18.9. The first-order chi connectivity index (χ1) is 54.7. The van der Waals surface area contributed by atoms with Crippen molar-refractivity contribution in [3.63, 3.8) is 0 Å². The molecule has 622 valence electrons. The number of hydrogen-bond donors (Lipinski definition) is 2. The second-order valence-electron chi connectivity index (χ2n) is 35.3. The zero-order valence-corrected chi connectivity index (χ0v) is 73.1. The number of nitrogens with zero attached hydrogens (tertiary/aromatic N) is 12. The molecule has 0 unspecified atom stereocenters. The predicted molar refractivity (Wildman–Crippen MR) is 464 cm³/mol. The van der Waals surface area contributed by atoms with E-state index in [0.717, 1.165) is 105 Å². The Balaban J connectivity index is 0.000000174. The standard InChI is InChI=1S/C17H22N2O2.C16H21FN2O2.C16H22N2O.C15H19FN2O.2C15H20N2O/c1-17(2,3)12-6-7-14-13(10-12)16(21-9-8-20)19-15(18-14)11-4-5-11;1-5-13-18-14-11(15(19-13)21-7-6-20)8-10(9-12(14)17)16(2,3)4;1-6-9-19-15-13-10-12(16(3,4)5)7-8-14(13)17-11(2)18-15;1-5-6-19-14-11-7-10(15(2,3)4)8-12(16)13(11)17-9-18-14;1-5-8-18-14-16-10-11-9-12(15(2,3)4)6-7-13(11)17-14;1-5-8-18-14-12-9-11(15(2,3)4)6-7-13(12)16-10-17-14/h6-7,10-11,20H,4-5,8-9H2,1-3H3;8-9,20H,5-7H2,1-4H3;7-8,10H,6,9H2,1-5H3;7-9H,5-6H2,1-4H3;2*6-7,9-10H,5,8H2,1-4H3. The highest BCUT2D eigenvalue weighted by atomic mass is 19.1. The Labute approximate surface area is 685 Å². The fourth-order valence-corrected chi connectivity index (χ4v) is 11.8. The predicted octanol–water partition coefficient (Wildman–Crippen LogP) is 21.5. The number of aliphatic hydroxyl groups is 2. The molecule has 2 N–H and O–H groups in total. The van der Waals surface area contributed by atoms with Crippen LogP contribution in [0.2, 0.25) is 0 Å². The van der Waals surface area contributed by atoms with Gasteiger partial charge in [-0.25, -0.2) is 48.7 Å². The number of fused-ring (bicyclic) bond motifs is 6. The summed E-state index contributed by atoms with van der Waals surface area (Å²) in [5.41, 5.74) is 11.3. The number of hydrogen-bond acceptors (Lipinski definition) is 20. The van der Waals surface area contributed by atoms with Gasteiger partial charge in [0.15, 0.2) is 0 Å². The van der Waals surface area contributed by atoms with Crippen LogP contribution in [0.25, 0.3) is 65.4 Å². The Morgan fingerprint density at radius 2 is 0.741 bits per heavy atom. The van der Waals surface area contributed by atoms with Crippen molar-refractivity contribution in [2.45, 2.75) is 250 Å². The van der Waals surface area contributed by atoms with Gasteiger partial charge in [-0.3, -0.25) is 0 Å². The molecule has 1 aliphatic carbocycles. The van der Waals surface area contributed by atoms with Gasteiger partial charge in [-0.15, -0.1) is 0 Å². The molecule has 0 spiro atoms. The maximum absolute atomic E-state index is 14.4. The molecule has 1 fully saturated rings. The van der Waals surface area contributed by atoms with Gasteiger partial charge in [0.25, 0.3) is 0 Å².